The van der Waals surface area contributed by atoms with Crippen molar-refractivity contribution < 1.29 is 22.8 Å². The summed E-state index contributed by atoms with van der Waals surface area (Å²) in [7, 11) is 1.79. The Balaban J connectivity index is 1.33. The quantitative estimate of drug-likeness (QED) is 0.166. The third-order valence-electron chi connectivity index (χ3n) is 8.50. The summed E-state index contributed by atoms with van der Waals surface area (Å²) < 4.78 is 41.0. The molecule has 5 aromatic rings. The van der Waals surface area contributed by atoms with E-state index >= 15 is 0 Å². The first-order valence-electron chi connectivity index (χ1n) is 15.6. The van der Waals surface area contributed by atoms with Gasteiger partial charge in [-0.25, -0.2) is 0 Å². The van der Waals surface area contributed by atoms with Crippen molar-refractivity contribution >= 4 is 17.9 Å². The standard InChI is InChI=1S/C38H34F3N5O2/c1-44-24-29(23-43-44)22-35(37(48)45-21-19-30-6-2-3-7-32(30)26-45)46(25-28-9-14-31(15-10-28)34-8-4-5-20-42-34)36(47)18-13-27-11-16-33(17-12-27)38(39,40)41/h2-18,20,23-24,35H,19,21-22,25-26H2,1H3/b18-13+/t35-/m0/s1. The van der Waals surface area contributed by atoms with E-state index < -0.39 is 23.7 Å². The third-order valence-corrected chi connectivity index (χ3v) is 8.50. The third kappa shape index (κ3) is 7.71. The SMILES string of the molecule is Cn1cc(C[C@@H](C(=O)N2CCc3ccccc3C2)N(Cc2ccc(-c3ccccn3)cc2)C(=O)/C=C/c2ccc(C(F)(F)F)cc2)cn1. The minimum Gasteiger partial charge on any atom is -0.336 e. The van der Waals surface area contributed by atoms with E-state index in [1.54, 1.807) is 33.9 Å². The van der Waals surface area contributed by atoms with E-state index in [1.807, 2.05) is 66.9 Å². The van der Waals surface area contributed by atoms with Crippen LogP contribution in [0.5, 0.6) is 0 Å². The van der Waals surface area contributed by atoms with E-state index in [9.17, 15) is 22.8 Å². The van der Waals surface area contributed by atoms with Crippen LogP contribution in [0.1, 0.15) is 33.4 Å². The summed E-state index contributed by atoms with van der Waals surface area (Å²) in [5, 5.41) is 4.29. The van der Waals surface area contributed by atoms with Gasteiger partial charge < -0.3 is 9.80 Å². The Morgan fingerprint density at radius 2 is 1.65 bits per heavy atom. The maximum atomic E-state index is 14.5. The average Bonchev–Trinajstić information content (AvgIpc) is 3.52. The second kappa shape index (κ2) is 14.1. The van der Waals surface area contributed by atoms with E-state index in [2.05, 4.69) is 16.1 Å². The Bertz CT molecular complexity index is 1900. The monoisotopic (exact) mass is 649 g/mol. The highest BCUT2D eigenvalue weighted by atomic mass is 19.4. The van der Waals surface area contributed by atoms with Gasteiger partial charge in [0.05, 0.1) is 17.5 Å². The lowest BCUT2D eigenvalue weighted by atomic mass is 9.97. The minimum absolute atomic E-state index is 0.125. The highest BCUT2D eigenvalue weighted by molar-refractivity contribution is 5.96. The number of amides is 2. The van der Waals surface area contributed by atoms with Crippen molar-refractivity contribution in [3.05, 3.63) is 149 Å². The summed E-state index contributed by atoms with van der Waals surface area (Å²) in [6, 6.07) is 25.1. The molecule has 0 fully saturated rings. The predicted octanol–water partition coefficient (Wildman–Crippen LogP) is 6.74. The van der Waals surface area contributed by atoms with Gasteiger partial charge in [-0.05, 0) is 64.6 Å². The molecule has 0 bridgehead atoms. The lowest BCUT2D eigenvalue weighted by molar-refractivity contribution is -0.144. The molecule has 48 heavy (non-hydrogen) atoms. The second-order valence-electron chi connectivity index (χ2n) is 11.9. The molecule has 1 atom stereocenters. The van der Waals surface area contributed by atoms with E-state index in [4.69, 9.17) is 0 Å². The van der Waals surface area contributed by atoms with Crippen molar-refractivity contribution in [2.45, 2.75) is 38.1 Å². The van der Waals surface area contributed by atoms with Crippen molar-refractivity contribution in [1.82, 2.24) is 24.6 Å². The van der Waals surface area contributed by atoms with Crippen LogP contribution in [0.25, 0.3) is 17.3 Å². The van der Waals surface area contributed by atoms with Crippen LogP contribution in [-0.2, 0) is 48.7 Å². The summed E-state index contributed by atoms with van der Waals surface area (Å²) >= 11 is 0. The maximum absolute atomic E-state index is 14.5. The van der Waals surface area contributed by atoms with Gasteiger partial charge in [0.25, 0.3) is 0 Å². The summed E-state index contributed by atoms with van der Waals surface area (Å²) in [5.41, 5.74) is 5.25. The van der Waals surface area contributed by atoms with Crippen molar-refractivity contribution in [2.75, 3.05) is 6.54 Å². The van der Waals surface area contributed by atoms with Crippen LogP contribution in [-0.4, -0.2) is 49.0 Å². The molecule has 1 aliphatic rings. The van der Waals surface area contributed by atoms with Gasteiger partial charge in [-0.15, -0.1) is 0 Å². The molecular formula is C38H34F3N5O2. The normalized spacial score (nSPS) is 13.7. The predicted molar refractivity (Wildman–Crippen MR) is 177 cm³/mol. The van der Waals surface area contributed by atoms with Gasteiger partial charge in [0.2, 0.25) is 11.8 Å². The Hall–Kier alpha value is -5.51. The van der Waals surface area contributed by atoms with Crippen LogP contribution in [0.3, 0.4) is 0 Å². The summed E-state index contributed by atoms with van der Waals surface area (Å²) in [5.74, 6) is -0.627. The Morgan fingerprint density at radius 3 is 2.31 bits per heavy atom. The molecule has 0 saturated carbocycles. The van der Waals surface area contributed by atoms with Crippen molar-refractivity contribution in [1.29, 1.82) is 0 Å². The van der Waals surface area contributed by atoms with Gasteiger partial charge in [-0.3, -0.25) is 19.3 Å². The molecule has 3 aromatic carbocycles. The zero-order valence-corrected chi connectivity index (χ0v) is 26.3. The topological polar surface area (TPSA) is 71.3 Å². The highest BCUT2D eigenvalue weighted by Crippen LogP contribution is 2.29. The van der Waals surface area contributed by atoms with Crippen LogP contribution in [0.15, 0.2) is 116 Å². The fourth-order valence-electron chi connectivity index (χ4n) is 5.93. The zero-order chi connectivity index (χ0) is 33.7. The van der Waals surface area contributed by atoms with Crippen LogP contribution < -0.4 is 0 Å². The molecule has 0 radical (unpaired) electrons. The molecule has 0 saturated heterocycles. The lowest BCUT2D eigenvalue weighted by Gasteiger charge is -2.36. The van der Waals surface area contributed by atoms with Crippen LogP contribution in [0.2, 0.25) is 0 Å². The fourth-order valence-corrected chi connectivity index (χ4v) is 5.93. The van der Waals surface area contributed by atoms with E-state index in [0.717, 1.165) is 40.1 Å². The van der Waals surface area contributed by atoms with Crippen LogP contribution in [0, 0.1) is 0 Å². The summed E-state index contributed by atoms with van der Waals surface area (Å²) in [6.07, 6.45) is 4.51. The number of aromatic nitrogens is 3. The van der Waals surface area contributed by atoms with Crippen molar-refractivity contribution in [3.63, 3.8) is 0 Å². The zero-order valence-electron chi connectivity index (χ0n) is 26.3. The number of hydrogen-bond donors (Lipinski definition) is 0. The van der Waals surface area contributed by atoms with E-state index in [-0.39, 0.29) is 18.9 Å². The number of alkyl halides is 3. The number of rotatable bonds is 9. The number of nitrogens with zero attached hydrogens (tertiary/aromatic N) is 5. The van der Waals surface area contributed by atoms with Gasteiger partial charge in [-0.1, -0.05) is 66.7 Å². The van der Waals surface area contributed by atoms with Gasteiger partial charge in [0, 0.05) is 57.1 Å². The number of carbonyl (C=O) groups is 2. The largest absolute Gasteiger partial charge is 0.416 e. The number of hydrogen-bond acceptors (Lipinski definition) is 4. The molecule has 0 N–H and O–H groups in total. The van der Waals surface area contributed by atoms with Crippen molar-refractivity contribution in [3.8, 4) is 11.3 Å². The van der Waals surface area contributed by atoms with Crippen LogP contribution in [0.4, 0.5) is 13.2 Å². The summed E-state index contributed by atoms with van der Waals surface area (Å²) in [4.78, 5) is 36.3. The fraction of sp³-hybridized carbons (Fsp3) is 0.211. The average molecular weight is 650 g/mol. The van der Waals surface area contributed by atoms with E-state index in [1.165, 1.54) is 29.8 Å². The first-order valence-corrected chi connectivity index (χ1v) is 15.6. The molecule has 2 amide bonds. The number of carbonyl (C=O) groups excluding carboxylic acids is 2. The first-order chi connectivity index (χ1) is 23.1. The van der Waals surface area contributed by atoms with Gasteiger partial charge in [0.1, 0.15) is 6.04 Å². The number of fused-ring (bicyclic) bond motifs is 1. The molecule has 3 heterocycles. The van der Waals surface area contributed by atoms with Gasteiger partial charge in [0.15, 0.2) is 0 Å². The smallest absolute Gasteiger partial charge is 0.336 e. The molecule has 10 heteroatoms. The molecule has 1 aliphatic heterocycles. The summed E-state index contributed by atoms with van der Waals surface area (Å²) in [6.45, 7) is 1.07. The molecule has 7 nitrogen and oxygen atoms in total. The highest BCUT2D eigenvalue weighted by Gasteiger charge is 2.34. The number of benzene rings is 3. The first kappa shape index (κ1) is 32.4. The Kier molecular flexibility index (Phi) is 9.52. The minimum atomic E-state index is -4.46. The molecule has 2 aromatic heterocycles. The molecule has 0 spiro atoms. The molecular weight excluding hydrogens is 615 g/mol. The number of halogens is 3. The molecule has 244 valence electrons. The molecule has 0 unspecified atom stereocenters. The number of aryl methyl sites for hydroxylation is 1. The lowest BCUT2D eigenvalue weighted by Crippen LogP contribution is -2.52. The Morgan fingerprint density at radius 1 is 0.917 bits per heavy atom. The van der Waals surface area contributed by atoms with Gasteiger partial charge in [-0.2, -0.15) is 18.3 Å². The second-order valence-corrected chi connectivity index (χ2v) is 11.9. The van der Waals surface area contributed by atoms with E-state index in [0.29, 0.717) is 25.1 Å². The molecule has 6 rings (SSSR count). The van der Waals surface area contributed by atoms with Crippen LogP contribution >= 0.6 is 0 Å². The maximum Gasteiger partial charge on any atom is 0.416 e. The van der Waals surface area contributed by atoms with Gasteiger partial charge >= 0.3 is 6.18 Å². The molecule has 0 aliphatic carbocycles. The Labute approximate surface area is 277 Å². The number of pyridine rings is 1. The van der Waals surface area contributed by atoms with Crippen molar-refractivity contribution in [2.24, 2.45) is 7.05 Å².